The van der Waals surface area contributed by atoms with E-state index in [4.69, 9.17) is 19.5 Å². The summed E-state index contributed by atoms with van der Waals surface area (Å²) in [6, 6.07) is 4.34. The van der Waals surface area contributed by atoms with Crippen LogP contribution in [-0.2, 0) is 0 Å². The van der Waals surface area contributed by atoms with Gasteiger partial charge in [0.1, 0.15) is 5.75 Å². The number of methoxy groups -OCH3 is 2. The van der Waals surface area contributed by atoms with E-state index in [-0.39, 0.29) is 19.3 Å². The lowest BCUT2D eigenvalue weighted by molar-refractivity contribution is 0.374. The average Bonchev–Trinajstić information content (AvgIpc) is 2.20. The molecule has 0 aliphatic heterocycles. The van der Waals surface area contributed by atoms with E-state index in [1.165, 1.54) is 32.4 Å². The van der Waals surface area contributed by atoms with Gasteiger partial charge in [-0.3, -0.25) is 0 Å². The Morgan fingerprint density at radius 1 is 1.21 bits per heavy atom. The van der Waals surface area contributed by atoms with Gasteiger partial charge in [0.25, 0.3) is 0 Å². The van der Waals surface area contributed by atoms with Crippen LogP contribution in [0.1, 0.15) is 0 Å². The van der Waals surface area contributed by atoms with E-state index in [0.717, 1.165) is 0 Å². The van der Waals surface area contributed by atoms with Crippen molar-refractivity contribution in [2.24, 2.45) is 0 Å². The third-order valence-corrected chi connectivity index (χ3v) is 1.36. The van der Waals surface area contributed by atoms with Gasteiger partial charge in [-0.15, -0.1) is 0 Å². The molecule has 0 fully saturated rings. The van der Waals surface area contributed by atoms with Crippen LogP contribution in [0.3, 0.4) is 0 Å². The molecule has 4 nitrogen and oxygen atoms in total. The van der Waals surface area contributed by atoms with Gasteiger partial charge in [0.2, 0.25) is 0 Å². The van der Waals surface area contributed by atoms with Crippen LogP contribution >= 0.6 is 0 Å². The first-order chi connectivity index (χ1) is 6.69. The molecule has 0 atom stereocenters. The molecule has 1 rings (SSSR count). The number of rotatable bonds is 2. The van der Waals surface area contributed by atoms with Crippen molar-refractivity contribution >= 4 is 7.69 Å². The zero-order valence-electron chi connectivity index (χ0n) is 7.90. The van der Waals surface area contributed by atoms with Crippen LogP contribution in [0.5, 0.6) is 11.5 Å². The molecule has 0 bridgehead atoms. The third-order valence-electron chi connectivity index (χ3n) is 1.36. The minimum Gasteiger partial charge on any atom is -0.497 e. The monoisotopic (exact) mass is 201 g/mol. The molecule has 0 unspecified atom stereocenters. The number of hydrogen-bond acceptors (Lipinski definition) is 4. The molecule has 0 heterocycles. The molecule has 1 aromatic rings. The lowest BCUT2D eigenvalue weighted by Gasteiger charge is -2.03. The largest absolute Gasteiger partial charge is 0.497 e. The van der Waals surface area contributed by atoms with Crippen LogP contribution < -0.4 is 9.47 Å². The van der Waals surface area contributed by atoms with E-state index in [2.05, 4.69) is 0 Å². The third kappa shape index (κ3) is 4.11. The van der Waals surface area contributed by atoms with E-state index in [0.29, 0.717) is 5.75 Å². The van der Waals surface area contributed by atoms with E-state index >= 15 is 0 Å². The van der Waals surface area contributed by atoms with Crippen LogP contribution in [0.25, 0.3) is 0 Å². The number of benzene rings is 1. The highest BCUT2D eigenvalue weighted by molar-refractivity contribution is 6.13. The van der Waals surface area contributed by atoms with Gasteiger partial charge in [0.15, 0.2) is 11.6 Å². The summed E-state index contributed by atoms with van der Waals surface area (Å²) in [5.41, 5.74) is 0. The van der Waals surface area contributed by atoms with Gasteiger partial charge in [0.05, 0.1) is 14.2 Å². The Morgan fingerprint density at radius 3 is 2.21 bits per heavy atom. The summed E-state index contributed by atoms with van der Waals surface area (Å²) in [4.78, 5) is 0. The summed E-state index contributed by atoms with van der Waals surface area (Å²) in [5, 5.41) is 14.0. The molecular formula is C8H11BFO4. The Morgan fingerprint density at radius 2 is 1.79 bits per heavy atom. The molecule has 0 aromatic heterocycles. The molecule has 0 saturated heterocycles. The van der Waals surface area contributed by atoms with Gasteiger partial charge in [-0.1, -0.05) is 0 Å². The van der Waals surface area contributed by atoms with Crippen molar-refractivity contribution in [3.63, 3.8) is 0 Å². The molecule has 0 amide bonds. The molecule has 0 saturated carbocycles. The molecule has 2 N–H and O–H groups in total. The van der Waals surface area contributed by atoms with Crippen LogP contribution in [-0.4, -0.2) is 32.0 Å². The molecule has 0 aliphatic carbocycles. The van der Waals surface area contributed by atoms with Crippen LogP contribution in [0.4, 0.5) is 4.39 Å². The van der Waals surface area contributed by atoms with Crippen LogP contribution in [0.2, 0.25) is 0 Å². The van der Waals surface area contributed by atoms with Crippen molar-refractivity contribution in [2.45, 2.75) is 0 Å². The maximum atomic E-state index is 12.7. The van der Waals surface area contributed by atoms with Gasteiger partial charge in [-0.25, -0.2) is 4.39 Å². The Labute approximate surface area is 82.2 Å². The summed E-state index contributed by atoms with van der Waals surface area (Å²) in [5.74, 6) is 0.404. The highest BCUT2D eigenvalue weighted by Crippen LogP contribution is 2.22. The van der Waals surface area contributed by atoms with Crippen molar-refractivity contribution < 1.29 is 23.9 Å². The Bertz CT molecular complexity index is 270. The Balaban J connectivity index is 0.000000500. The maximum Gasteiger partial charge on any atom is 0.482 e. The van der Waals surface area contributed by atoms with Crippen molar-refractivity contribution in [1.82, 2.24) is 0 Å². The smallest absolute Gasteiger partial charge is 0.482 e. The molecule has 6 heteroatoms. The highest BCUT2D eigenvalue weighted by atomic mass is 19.1. The second-order valence-electron chi connectivity index (χ2n) is 2.12. The Hall–Kier alpha value is -1.27. The van der Waals surface area contributed by atoms with E-state index in [1.54, 1.807) is 0 Å². The van der Waals surface area contributed by atoms with Crippen molar-refractivity contribution in [3.05, 3.63) is 24.0 Å². The second kappa shape index (κ2) is 7.17. The van der Waals surface area contributed by atoms with Crippen molar-refractivity contribution in [2.75, 3.05) is 14.2 Å². The predicted molar refractivity (Wildman–Crippen MR) is 49.7 cm³/mol. The zero-order chi connectivity index (χ0) is 11.0. The van der Waals surface area contributed by atoms with E-state index in [9.17, 15) is 4.39 Å². The maximum absolute atomic E-state index is 12.7. The zero-order valence-corrected chi connectivity index (χ0v) is 7.90. The van der Waals surface area contributed by atoms with Gasteiger partial charge in [-0.05, 0) is 12.1 Å². The molecule has 77 valence electrons. The quantitative estimate of drug-likeness (QED) is 0.677. The van der Waals surface area contributed by atoms with Gasteiger partial charge < -0.3 is 19.5 Å². The molecule has 0 aliphatic rings. The summed E-state index contributed by atoms with van der Waals surface area (Å²) < 4.78 is 22.3. The lowest BCUT2D eigenvalue weighted by atomic mass is 10.3. The number of ether oxygens (including phenoxy) is 2. The SMILES string of the molecule is COc1ccc(F)c(OC)c1.O[B]O. The van der Waals surface area contributed by atoms with Crippen molar-refractivity contribution in [3.8, 4) is 11.5 Å². The standard InChI is InChI=1S/C8H9FO2.BH2O2/c1-10-6-3-4-7(9)8(5-6)11-2;2-1-3/h3-5H,1-2H3;2-3H. The van der Waals surface area contributed by atoms with Gasteiger partial charge in [0, 0.05) is 6.07 Å². The van der Waals surface area contributed by atoms with Crippen LogP contribution in [0, 0.1) is 5.82 Å². The molecule has 1 aromatic carbocycles. The molecule has 14 heavy (non-hydrogen) atoms. The molecular weight excluding hydrogens is 190 g/mol. The Kier molecular flexibility index (Phi) is 6.52. The molecule has 1 radical (unpaired) electrons. The van der Waals surface area contributed by atoms with Crippen LogP contribution in [0.15, 0.2) is 18.2 Å². The second-order valence-corrected chi connectivity index (χ2v) is 2.12. The summed E-state index contributed by atoms with van der Waals surface area (Å²) >= 11 is 0. The number of halogens is 1. The minimum absolute atomic E-state index is 0. The predicted octanol–water partition coefficient (Wildman–Crippen LogP) is 0.348. The fourth-order valence-corrected chi connectivity index (χ4v) is 0.767. The summed E-state index contributed by atoms with van der Waals surface area (Å²) in [6.07, 6.45) is 0. The fourth-order valence-electron chi connectivity index (χ4n) is 0.767. The molecule has 0 spiro atoms. The first-order valence-electron chi connectivity index (χ1n) is 3.67. The minimum atomic E-state index is -0.381. The fraction of sp³-hybridized carbons (Fsp3) is 0.250. The van der Waals surface area contributed by atoms with Gasteiger partial charge in [-0.2, -0.15) is 0 Å². The first kappa shape index (κ1) is 12.7. The average molecular weight is 201 g/mol. The highest BCUT2D eigenvalue weighted by Gasteiger charge is 2.01. The lowest BCUT2D eigenvalue weighted by Crippen LogP contribution is -1.89. The van der Waals surface area contributed by atoms with E-state index < -0.39 is 0 Å². The topological polar surface area (TPSA) is 58.9 Å². The van der Waals surface area contributed by atoms with E-state index in [1.807, 2.05) is 0 Å². The summed E-state index contributed by atoms with van der Waals surface area (Å²) in [7, 11) is 2.94. The first-order valence-corrected chi connectivity index (χ1v) is 3.67. The normalized spacial score (nSPS) is 8.36. The van der Waals surface area contributed by atoms with Gasteiger partial charge >= 0.3 is 7.69 Å². The number of hydrogen-bond donors (Lipinski definition) is 2. The van der Waals surface area contributed by atoms with Crippen molar-refractivity contribution in [1.29, 1.82) is 0 Å². The summed E-state index contributed by atoms with van der Waals surface area (Å²) in [6.45, 7) is 0.